The molecule has 0 bridgehead atoms. The van der Waals surface area contributed by atoms with E-state index in [-0.39, 0.29) is 23.7 Å². The molecule has 2 atom stereocenters. The topological polar surface area (TPSA) is 49.9 Å². The molecule has 0 aliphatic carbocycles. The molecule has 0 aromatic heterocycles. The van der Waals surface area contributed by atoms with Crippen molar-refractivity contribution in [2.75, 3.05) is 39.4 Å². The molecule has 0 radical (unpaired) electrons. The number of amides is 2. The van der Waals surface area contributed by atoms with Gasteiger partial charge in [-0.15, -0.1) is 0 Å². The zero-order valence-electron chi connectivity index (χ0n) is 19.7. The number of carbonyl (C=O) groups is 2. The maximum atomic E-state index is 13.2. The predicted molar refractivity (Wildman–Crippen MR) is 126 cm³/mol. The molecule has 0 saturated carbocycles. The smallest absolute Gasteiger partial charge is 0.378 e. The van der Waals surface area contributed by atoms with Gasteiger partial charge in [0, 0.05) is 44.9 Å². The molecule has 2 amide bonds. The fraction of sp³-hybridized carbons (Fsp3) is 0.481. The van der Waals surface area contributed by atoms with Crippen molar-refractivity contribution in [3.05, 3.63) is 71.3 Å². The van der Waals surface area contributed by atoms with Gasteiger partial charge < -0.3 is 14.5 Å². The number of morpholine rings is 1. The number of hydrogen-bond acceptors (Lipinski definition) is 3. The van der Waals surface area contributed by atoms with E-state index >= 15 is 0 Å². The van der Waals surface area contributed by atoms with Gasteiger partial charge in [-0.1, -0.05) is 42.5 Å². The Kier molecular flexibility index (Phi) is 8.11. The van der Waals surface area contributed by atoms with Crippen molar-refractivity contribution in [1.29, 1.82) is 0 Å². The van der Waals surface area contributed by atoms with E-state index < -0.39 is 11.7 Å². The summed E-state index contributed by atoms with van der Waals surface area (Å²) in [5.74, 6) is -0.0158. The summed E-state index contributed by atoms with van der Waals surface area (Å²) in [5.41, 5.74) is 1.18. The fourth-order valence-corrected chi connectivity index (χ4v) is 5.00. The van der Waals surface area contributed by atoms with Gasteiger partial charge in [-0.05, 0) is 42.0 Å². The van der Waals surface area contributed by atoms with Gasteiger partial charge in [0.05, 0.1) is 18.8 Å². The molecule has 2 aliphatic rings. The van der Waals surface area contributed by atoms with E-state index in [1.165, 1.54) is 12.1 Å². The predicted octanol–water partition coefficient (Wildman–Crippen LogP) is 5.16. The lowest BCUT2D eigenvalue weighted by molar-refractivity contribution is -0.137. The summed E-state index contributed by atoms with van der Waals surface area (Å²) in [6.07, 6.45) is -2.27. The minimum absolute atomic E-state index is 0.0377. The second kappa shape index (κ2) is 11.2. The van der Waals surface area contributed by atoms with Crippen molar-refractivity contribution in [2.24, 2.45) is 5.92 Å². The molecule has 2 unspecified atom stereocenters. The van der Waals surface area contributed by atoms with E-state index in [1.807, 2.05) is 30.3 Å². The van der Waals surface area contributed by atoms with Crippen LogP contribution in [0.25, 0.3) is 0 Å². The maximum absolute atomic E-state index is 13.2. The second-order valence-electron chi connectivity index (χ2n) is 9.43. The first-order valence-corrected chi connectivity index (χ1v) is 12.1. The molecule has 2 aromatic rings. The Balaban J connectivity index is 1.45. The number of ketones is 1. The molecule has 188 valence electrons. The number of nitrogens with zero attached hydrogens (tertiary/aromatic N) is 2. The fourth-order valence-electron chi connectivity index (χ4n) is 5.00. The van der Waals surface area contributed by atoms with Crippen LogP contribution in [-0.2, 0) is 22.1 Å². The molecule has 0 N–H and O–H groups in total. The first-order valence-electron chi connectivity index (χ1n) is 12.1. The van der Waals surface area contributed by atoms with Crippen LogP contribution in [0.5, 0.6) is 0 Å². The Hall–Kier alpha value is -2.87. The third-order valence-electron chi connectivity index (χ3n) is 6.85. The zero-order valence-corrected chi connectivity index (χ0v) is 19.7. The van der Waals surface area contributed by atoms with Gasteiger partial charge in [-0.3, -0.25) is 4.79 Å². The second-order valence-corrected chi connectivity index (χ2v) is 9.43. The van der Waals surface area contributed by atoms with Crippen molar-refractivity contribution >= 4 is 11.8 Å². The van der Waals surface area contributed by atoms with Gasteiger partial charge >= 0.3 is 12.2 Å². The van der Waals surface area contributed by atoms with Crippen molar-refractivity contribution in [2.45, 2.75) is 37.8 Å². The molecule has 0 spiro atoms. The van der Waals surface area contributed by atoms with Crippen LogP contribution in [0.2, 0.25) is 0 Å². The molecule has 4 rings (SSSR count). The number of aryl methyl sites for hydroxylation is 1. The molecule has 2 fully saturated rings. The first-order chi connectivity index (χ1) is 16.8. The van der Waals surface area contributed by atoms with E-state index in [0.29, 0.717) is 65.1 Å². The molecular weight excluding hydrogens is 457 g/mol. The average molecular weight is 489 g/mol. The van der Waals surface area contributed by atoms with Gasteiger partial charge in [0.1, 0.15) is 5.78 Å². The minimum atomic E-state index is -4.39. The van der Waals surface area contributed by atoms with Crippen molar-refractivity contribution in [3.8, 4) is 0 Å². The summed E-state index contributed by atoms with van der Waals surface area (Å²) in [4.78, 5) is 29.6. The van der Waals surface area contributed by atoms with Gasteiger partial charge in [0.25, 0.3) is 0 Å². The van der Waals surface area contributed by atoms with Crippen LogP contribution in [0, 0.1) is 5.92 Å². The molecule has 2 heterocycles. The zero-order chi connectivity index (χ0) is 24.8. The van der Waals surface area contributed by atoms with Crippen LogP contribution in [0.1, 0.15) is 41.9 Å². The number of ether oxygens (including phenoxy) is 1. The molecule has 2 saturated heterocycles. The highest BCUT2D eigenvalue weighted by Gasteiger charge is 2.35. The Morgan fingerprint density at radius 3 is 2.26 bits per heavy atom. The Morgan fingerprint density at radius 1 is 0.914 bits per heavy atom. The van der Waals surface area contributed by atoms with Crippen LogP contribution in [0.3, 0.4) is 0 Å². The minimum Gasteiger partial charge on any atom is -0.378 e. The number of rotatable bonds is 6. The molecule has 2 aliphatic heterocycles. The highest BCUT2D eigenvalue weighted by molar-refractivity contribution is 5.79. The number of carbonyl (C=O) groups excluding carboxylic acids is 2. The van der Waals surface area contributed by atoms with Crippen molar-refractivity contribution in [1.82, 2.24) is 9.80 Å². The van der Waals surface area contributed by atoms with Crippen molar-refractivity contribution in [3.63, 3.8) is 0 Å². The third-order valence-corrected chi connectivity index (χ3v) is 6.85. The van der Waals surface area contributed by atoms with E-state index in [2.05, 4.69) is 0 Å². The molecule has 2 aromatic carbocycles. The van der Waals surface area contributed by atoms with E-state index in [0.717, 1.165) is 23.3 Å². The summed E-state index contributed by atoms with van der Waals surface area (Å²) in [6.45, 7) is 2.91. The number of benzene rings is 2. The summed E-state index contributed by atoms with van der Waals surface area (Å²) < 4.78 is 44.4. The average Bonchev–Trinajstić information content (AvgIpc) is 2.87. The summed E-state index contributed by atoms with van der Waals surface area (Å²) >= 11 is 0. The van der Waals surface area contributed by atoms with Crippen LogP contribution in [0.15, 0.2) is 54.6 Å². The van der Waals surface area contributed by atoms with Crippen LogP contribution in [-0.4, -0.2) is 61.0 Å². The quantitative estimate of drug-likeness (QED) is 0.565. The van der Waals surface area contributed by atoms with Crippen molar-refractivity contribution < 1.29 is 27.5 Å². The largest absolute Gasteiger partial charge is 0.416 e. The van der Waals surface area contributed by atoms with Gasteiger partial charge in [-0.25, -0.2) is 4.79 Å². The Labute approximate surface area is 203 Å². The molecule has 35 heavy (non-hydrogen) atoms. The number of Topliss-reactive ketones (excluding diaryl/α,β-unsaturated/α-hetero) is 1. The van der Waals surface area contributed by atoms with E-state index in [9.17, 15) is 22.8 Å². The molecular formula is C27H31F3N2O3. The lowest BCUT2D eigenvalue weighted by Gasteiger charge is -2.41. The Bertz CT molecular complexity index is 989. The lowest BCUT2D eigenvalue weighted by Crippen LogP contribution is -2.52. The van der Waals surface area contributed by atoms with Gasteiger partial charge in [0.2, 0.25) is 0 Å². The van der Waals surface area contributed by atoms with Gasteiger partial charge in [-0.2, -0.15) is 13.2 Å². The van der Waals surface area contributed by atoms with Gasteiger partial charge in [0.15, 0.2) is 0 Å². The van der Waals surface area contributed by atoms with E-state index in [1.54, 1.807) is 9.80 Å². The molecule has 8 heteroatoms. The van der Waals surface area contributed by atoms with Crippen LogP contribution < -0.4 is 0 Å². The highest BCUT2D eigenvalue weighted by Crippen LogP contribution is 2.35. The summed E-state index contributed by atoms with van der Waals surface area (Å²) in [5, 5.41) is 0. The molecule has 5 nitrogen and oxygen atoms in total. The van der Waals surface area contributed by atoms with Crippen LogP contribution >= 0.6 is 0 Å². The number of alkyl halides is 3. The normalized spacial score (nSPS) is 21.1. The Morgan fingerprint density at radius 2 is 1.60 bits per heavy atom. The maximum Gasteiger partial charge on any atom is 0.416 e. The summed E-state index contributed by atoms with van der Waals surface area (Å²) in [6, 6.07) is 14.9. The lowest BCUT2D eigenvalue weighted by atomic mass is 9.81. The number of urea groups is 1. The number of piperidine rings is 1. The number of hydrogen-bond donors (Lipinski definition) is 0. The summed E-state index contributed by atoms with van der Waals surface area (Å²) in [7, 11) is 0. The third kappa shape index (κ3) is 6.84. The monoisotopic (exact) mass is 488 g/mol. The number of halogens is 3. The van der Waals surface area contributed by atoms with E-state index in [4.69, 9.17) is 4.74 Å². The number of likely N-dealkylation sites (tertiary alicyclic amines) is 1. The highest BCUT2D eigenvalue weighted by atomic mass is 19.4. The standard InChI is InChI=1S/C27H31F3N2O3/c28-27(29,30)24-9-7-22(8-10-24)23-16-21(17-25(33)11-6-20-4-2-1-3-5-20)18-32(19-23)26(34)31-12-14-35-15-13-31/h1-5,7-10,21,23H,6,11-19H2. The SMILES string of the molecule is O=C(CCc1ccccc1)CC1CC(c2ccc(C(F)(F)F)cc2)CN(C(=O)N2CCOCC2)C1. The van der Waals surface area contributed by atoms with Crippen LogP contribution in [0.4, 0.5) is 18.0 Å². The first kappa shape index (κ1) is 25.2.